The van der Waals surface area contributed by atoms with Gasteiger partial charge >= 0.3 is 0 Å². The molecule has 1 aromatic heterocycles. The maximum atomic E-state index is 13.2. The van der Waals surface area contributed by atoms with E-state index in [0.717, 1.165) is 51.5 Å². The predicted molar refractivity (Wildman–Crippen MR) is 210 cm³/mol. The molecule has 1 saturated heterocycles. The Morgan fingerprint density at radius 3 is 2.33 bits per heavy atom. The third kappa shape index (κ3) is 14.8. The van der Waals surface area contributed by atoms with Crippen molar-refractivity contribution in [3.8, 4) is 0 Å². The van der Waals surface area contributed by atoms with Gasteiger partial charge in [-0.3, -0.25) is 9.59 Å². The molecule has 11 N–H and O–H groups in total. The Hall–Kier alpha value is -3.15. The minimum atomic E-state index is -1.67. The molecule has 0 spiro atoms. The fraction of sp³-hybridized carbons (Fsp3) is 0.684. The SMILES string of the molecule is CCCCCCN(CCCC(=O)N1CCC(CNCC(CNC(=O)c2nc(Cl)c(N)nc2N)Cc2ccccc2C)CC1)CC(O)C(O)C(O)C(O)CO. The van der Waals surface area contributed by atoms with Crippen LogP contribution in [-0.4, -0.2) is 140 Å². The second-order valence-electron chi connectivity index (χ2n) is 14.6. The van der Waals surface area contributed by atoms with Crippen molar-refractivity contribution >= 4 is 35.1 Å². The zero-order valence-electron chi connectivity index (χ0n) is 31.9. The first-order valence-corrected chi connectivity index (χ1v) is 19.7. The number of aromatic nitrogens is 2. The molecule has 5 unspecified atom stereocenters. The molecule has 2 heterocycles. The molecule has 0 saturated carbocycles. The lowest BCUT2D eigenvalue weighted by molar-refractivity contribution is -0.132. The number of aryl methyl sites for hydroxylation is 1. The molecule has 16 heteroatoms. The highest BCUT2D eigenvalue weighted by Crippen LogP contribution is 2.20. The van der Waals surface area contributed by atoms with Crippen molar-refractivity contribution in [2.75, 3.05) is 70.4 Å². The van der Waals surface area contributed by atoms with Crippen LogP contribution in [0.2, 0.25) is 5.15 Å². The minimum Gasteiger partial charge on any atom is -0.394 e. The number of carbonyl (C=O) groups is 2. The summed E-state index contributed by atoms with van der Waals surface area (Å²) in [5.74, 6) is -0.0250. The molecule has 15 nitrogen and oxygen atoms in total. The first-order chi connectivity index (χ1) is 25.8. The Morgan fingerprint density at radius 1 is 0.963 bits per heavy atom. The highest BCUT2D eigenvalue weighted by molar-refractivity contribution is 6.31. The van der Waals surface area contributed by atoms with Crippen molar-refractivity contribution < 1.29 is 35.1 Å². The number of aliphatic hydroxyl groups is 5. The van der Waals surface area contributed by atoms with Crippen molar-refractivity contribution in [1.82, 2.24) is 30.4 Å². The second kappa shape index (κ2) is 23.7. The molecule has 2 amide bonds. The first-order valence-electron chi connectivity index (χ1n) is 19.3. The molecule has 54 heavy (non-hydrogen) atoms. The number of hydrogen-bond acceptors (Lipinski definition) is 13. The van der Waals surface area contributed by atoms with Crippen LogP contribution in [0.3, 0.4) is 0 Å². The molecule has 3 rings (SSSR count). The summed E-state index contributed by atoms with van der Waals surface area (Å²) in [6, 6.07) is 8.18. The van der Waals surface area contributed by atoms with E-state index in [-0.39, 0.29) is 40.9 Å². The summed E-state index contributed by atoms with van der Waals surface area (Å²) < 4.78 is 0. The van der Waals surface area contributed by atoms with Crippen LogP contribution in [0.15, 0.2) is 24.3 Å². The molecule has 0 radical (unpaired) electrons. The van der Waals surface area contributed by atoms with Crippen LogP contribution in [0.1, 0.15) is 79.9 Å². The van der Waals surface area contributed by atoms with Crippen molar-refractivity contribution in [2.45, 2.75) is 96.1 Å². The predicted octanol–water partition coefficient (Wildman–Crippen LogP) is 1.12. The van der Waals surface area contributed by atoms with E-state index in [1.165, 1.54) is 11.1 Å². The van der Waals surface area contributed by atoms with Gasteiger partial charge in [0.2, 0.25) is 5.91 Å². The topological polar surface area (TPSA) is 244 Å². The number of unbranched alkanes of at least 4 members (excludes halogenated alkanes) is 3. The number of nitrogens with one attached hydrogen (secondary N) is 2. The molecule has 1 aliphatic rings. The average molecular weight is 779 g/mol. The molecule has 5 atom stereocenters. The molecule has 1 aromatic carbocycles. The lowest BCUT2D eigenvalue weighted by Gasteiger charge is -2.33. The van der Waals surface area contributed by atoms with E-state index in [4.69, 9.17) is 28.2 Å². The van der Waals surface area contributed by atoms with Gasteiger partial charge in [0.15, 0.2) is 22.5 Å². The van der Waals surface area contributed by atoms with Gasteiger partial charge in [0.05, 0.1) is 12.7 Å². The summed E-state index contributed by atoms with van der Waals surface area (Å²) in [6.07, 6.45) is 1.39. The Balaban J connectivity index is 1.46. The van der Waals surface area contributed by atoms with Crippen molar-refractivity contribution in [3.05, 3.63) is 46.2 Å². The third-order valence-electron chi connectivity index (χ3n) is 10.2. The van der Waals surface area contributed by atoms with Crippen molar-refractivity contribution in [2.24, 2.45) is 11.8 Å². The number of piperidine rings is 1. The number of amides is 2. The summed E-state index contributed by atoms with van der Waals surface area (Å²) in [6.45, 7) is 7.95. The van der Waals surface area contributed by atoms with Crippen molar-refractivity contribution in [3.63, 3.8) is 0 Å². The Morgan fingerprint density at radius 2 is 1.65 bits per heavy atom. The van der Waals surface area contributed by atoms with Crippen molar-refractivity contribution in [1.29, 1.82) is 0 Å². The maximum absolute atomic E-state index is 13.2. The van der Waals surface area contributed by atoms with E-state index in [2.05, 4.69) is 46.6 Å². The zero-order chi connectivity index (χ0) is 39.6. The summed E-state index contributed by atoms with van der Waals surface area (Å²) >= 11 is 5.99. The van der Waals surface area contributed by atoms with Crippen LogP contribution >= 0.6 is 11.6 Å². The second-order valence-corrected chi connectivity index (χ2v) is 14.9. The summed E-state index contributed by atoms with van der Waals surface area (Å²) in [7, 11) is 0. The normalized spacial score (nSPS) is 16.6. The van der Waals surface area contributed by atoms with E-state index in [9.17, 15) is 30.0 Å². The highest BCUT2D eigenvalue weighted by atomic mass is 35.5. The molecular weight excluding hydrogens is 716 g/mol. The number of hydrogen-bond donors (Lipinski definition) is 9. The minimum absolute atomic E-state index is 0.0369. The molecule has 2 aromatic rings. The van der Waals surface area contributed by atoms with E-state index in [1.54, 1.807) is 0 Å². The number of benzene rings is 1. The number of nitrogen functional groups attached to an aromatic ring is 2. The average Bonchev–Trinajstić information content (AvgIpc) is 3.16. The number of nitrogens with zero attached hydrogens (tertiary/aromatic N) is 4. The lowest BCUT2D eigenvalue weighted by Crippen LogP contribution is -2.50. The fourth-order valence-electron chi connectivity index (χ4n) is 6.78. The highest BCUT2D eigenvalue weighted by Gasteiger charge is 2.31. The smallest absolute Gasteiger partial charge is 0.273 e. The Kier molecular flexibility index (Phi) is 19.9. The van der Waals surface area contributed by atoms with Gasteiger partial charge in [0, 0.05) is 32.6 Å². The molecular formula is C38H63ClN8O7. The van der Waals surface area contributed by atoms with Crippen LogP contribution in [0.25, 0.3) is 0 Å². The Bertz CT molecular complexity index is 1430. The fourth-order valence-corrected chi connectivity index (χ4v) is 6.91. The summed E-state index contributed by atoms with van der Waals surface area (Å²) in [5, 5.41) is 56.2. The molecule has 0 bridgehead atoms. The standard InChI is InChI=1S/C38H63ClN8O7/c1-3-4-5-8-15-46(23-29(49)33(52)34(53)30(50)24-48)16-9-12-31(51)47-17-13-26(14-18-47)20-42-21-27(19-28-11-7-6-10-25(28)2)22-43-38(54)32-36(40)45-37(41)35(39)44-32/h6-7,10-11,26-27,29-30,33-34,42,48-50,52-53H,3-5,8-9,12-24H2,1-2H3,(H,43,54)(H4,40,41,45). The van der Waals surface area contributed by atoms with E-state index in [0.29, 0.717) is 58.0 Å². The number of halogens is 1. The number of carbonyl (C=O) groups excluding carboxylic acids is 2. The molecule has 0 aliphatic carbocycles. The summed E-state index contributed by atoms with van der Waals surface area (Å²) in [5.41, 5.74) is 13.9. The van der Waals surface area contributed by atoms with Crippen LogP contribution in [0.5, 0.6) is 0 Å². The van der Waals surface area contributed by atoms with Crippen LogP contribution < -0.4 is 22.1 Å². The number of anilines is 2. The largest absolute Gasteiger partial charge is 0.394 e. The number of aliphatic hydroxyl groups excluding tert-OH is 5. The molecule has 1 aliphatic heterocycles. The summed E-state index contributed by atoms with van der Waals surface area (Å²) in [4.78, 5) is 37.9. The Labute approximate surface area is 324 Å². The van der Waals surface area contributed by atoms with Gasteiger partial charge in [0.25, 0.3) is 5.91 Å². The third-order valence-corrected chi connectivity index (χ3v) is 10.5. The molecule has 1 fully saturated rings. The van der Waals surface area contributed by atoms with Gasteiger partial charge < -0.3 is 57.4 Å². The monoisotopic (exact) mass is 778 g/mol. The molecule has 304 valence electrons. The van der Waals surface area contributed by atoms with Gasteiger partial charge in [-0.05, 0) is 88.2 Å². The quantitative estimate of drug-likeness (QED) is 0.0680. The number of rotatable bonds is 24. The van der Waals surface area contributed by atoms with Gasteiger partial charge in [-0.15, -0.1) is 0 Å². The van der Waals surface area contributed by atoms with Gasteiger partial charge in [-0.25, -0.2) is 9.97 Å². The van der Waals surface area contributed by atoms with Gasteiger partial charge in [-0.1, -0.05) is 62.1 Å². The lowest BCUT2D eigenvalue weighted by atomic mass is 9.94. The number of likely N-dealkylation sites (tertiary alicyclic amines) is 1. The van der Waals surface area contributed by atoms with Crippen LogP contribution in [0, 0.1) is 18.8 Å². The first kappa shape index (κ1) is 45.2. The van der Waals surface area contributed by atoms with Gasteiger partial charge in [-0.2, -0.15) is 0 Å². The van der Waals surface area contributed by atoms with E-state index in [1.807, 2.05) is 21.9 Å². The van der Waals surface area contributed by atoms with Crippen LogP contribution in [-0.2, 0) is 11.2 Å². The number of nitrogens with two attached hydrogens (primary N) is 2. The van der Waals surface area contributed by atoms with E-state index >= 15 is 0 Å². The van der Waals surface area contributed by atoms with Crippen LogP contribution in [0.4, 0.5) is 11.6 Å². The van der Waals surface area contributed by atoms with E-state index < -0.39 is 36.9 Å². The zero-order valence-corrected chi connectivity index (χ0v) is 32.6. The maximum Gasteiger partial charge on any atom is 0.273 e. The van der Waals surface area contributed by atoms with Gasteiger partial charge in [0.1, 0.15) is 18.3 Å².